The number of benzene rings is 1. The Hall–Kier alpha value is -4.23. The third kappa shape index (κ3) is 5.49. The van der Waals surface area contributed by atoms with Crippen molar-refractivity contribution in [3.8, 4) is 5.75 Å². The molecule has 1 saturated heterocycles. The highest BCUT2D eigenvalue weighted by molar-refractivity contribution is 6.02. The van der Waals surface area contributed by atoms with E-state index in [1.165, 1.54) is 36.2 Å². The molecule has 1 aromatic heterocycles. The number of hydrogen-bond donors (Lipinski definition) is 2. The molecule has 0 bridgehead atoms. The number of hydrogen-bond acceptors (Lipinski definition) is 9. The predicted molar refractivity (Wildman–Crippen MR) is 149 cm³/mol. The molecule has 2 N–H and O–H groups in total. The number of carboxylic acid groups (broad SMARTS) is 1. The second-order valence-electron chi connectivity index (χ2n) is 11.4. The first-order valence-corrected chi connectivity index (χ1v) is 13.8. The molecule has 3 aliphatic rings. The van der Waals surface area contributed by atoms with E-state index in [-0.39, 0.29) is 40.6 Å². The van der Waals surface area contributed by atoms with Crippen LogP contribution in [0.1, 0.15) is 49.9 Å². The van der Waals surface area contributed by atoms with Crippen LogP contribution in [0.15, 0.2) is 24.4 Å². The average molecular weight is 589 g/mol. The number of carbonyl (C=O) groups is 3. The number of piperidine rings is 1. The van der Waals surface area contributed by atoms with Gasteiger partial charge in [-0.15, -0.1) is 0 Å². The number of aromatic nitrogens is 2. The van der Waals surface area contributed by atoms with Crippen LogP contribution in [0.5, 0.6) is 5.75 Å². The summed E-state index contributed by atoms with van der Waals surface area (Å²) >= 11 is 0. The number of amides is 2. The van der Waals surface area contributed by atoms with Gasteiger partial charge in [-0.05, 0) is 63.1 Å². The van der Waals surface area contributed by atoms with Crippen molar-refractivity contribution >= 4 is 41.1 Å². The Balaban J connectivity index is 1.27. The van der Waals surface area contributed by atoms with Crippen molar-refractivity contribution in [1.29, 1.82) is 0 Å². The van der Waals surface area contributed by atoms with Crippen molar-refractivity contribution in [2.45, 2.75) is 57.6 Å². The normalized spacial score (nSPS) is 19.7. The number of alkyl halides is 2. The maximum atomic E-state index is 14.6. The summed E-state index contributed by atoms with van der Waals surface area (Å²) in [5.74, 6) is -4.84. The molecule has 42 heavy (non-hydrogen) atoms. The van der Waals surface area contributed by atoms with Gasteiger partial charge in [-0.3, -0.25) is 4.79 Å². The number of nitrogens with one attached hydrogen (secondary N) is 1. The van der Waals surface area contributed by atoms with Crippen LogP contribution in [0, 0.1) is 5.41 Å². The van der Waals surface area contributed by atoms with Gasteiger partial charge in [-0.2, -0.15) is 13.8 Å². The molecule has 5 rings (SSSR count). The van der Waals surface area contributed by atoms with E-state index in [0.717, 1.165) is 17.7 Å². The fourth-order valence-electron chi connectivity index (χ4n) is 5.84. The maximum Gasteiger partial charge on any atom is 0.407 e. The van der Waals surface area contributed by atoms with Gasteiger partial charge < -0.3 is 34.6 Å². The number of carbonyl (C=O) groups excluding carboxylic acids is 2. The second-order valence-corrected chi connectivity index (χ2v) is 11.4. The summed E-state index contributed by atoms with van der Waals surface area (Å²) < 4.78 is 40.4. The van der Waals surface area contributed by atoms with Gasteiger partial charge >= 0.3 is 18.0 Å². The molecule has 0 unspecified atom stereocenters. The molecule has 2 aliphatic heterocycles. The summed E-state index contributed by atoms with van der Waals surface area (Å²) in [6.07, 6.45) is 3.12. The number of esters is 1. The molecule has 2 amide bonds. The van der Waals surface area contributed by atoms with Gasteiger partial charge in [0, 0.05) is 26.2 Å². The zero-order valence-corrected chi connectivity index (χ0v) is 23.9. The molecule has 1 aliphatic carbocycles. The summed E-state index contributed by atoms with van der Waals surface area (Å²) in [4.78, 5) is 48.7. The zero-order chi connectivity index (χ0) is 30.4. The van der Waals surface area contributed by atoms with E-state index in [9.17, 15) is 23.2 Å². The Kier molecular flexibility index (Phi) is 7.58. The highest BCUT2D eigenvalue weighted by Crippen LogP contribution is 2.50. The summed E-state index contributed by atoms with van der Waals surface area (Å²) in [6, 6.07) is 4.34. The highest BCUT2D eigenvalue weighted by atomic mass is 19.3. The van der Waals surface area contributed by atoms with Crippen molar-refractivity contribution in [2.75, 3.05) is 48.9 Å². The van der Waals surface area contributed by atoms with E-state index in [0.29, 0.717) is 37.4 Å². The number of likely N-dealkylation sites (tertiary alicyclic amines) is 1. The van der Waals surface area contributed by atoms with Gasteiger partial charge in [0.2, 0.25) is 5.95 Å². The minimum atomic E-state index is -3.60. The van der Waals surface area contributed by atoms with Crippen molar-refractivity contribution in [1.82, 2.24) is 14.9 Å². The summed E-state index contributed by atoms with van der Waals surface area (Å²) in [7, 11) is 2.71. The van der Waals surface area contributed by atoms with Gasteiger partial charge in [-0.1, -0.05) is 0 Å². The molecule has 0 atom stereocenters. The van der Waals surface area contributed by atoms with E-state index in [1.54, 1.807) is 26.0 Å². The standard InChI is InChI=1S/C28H34F2N6O6/c1-16(2)36-15-28(29,30)24(38)34(3)20-14-31-25(33-22(20)36)32-19-6-5-17(11-21(19)41-4)23(37)42-18-12-27(13-18)7-9-35(10-8-27)26(39)40/h5-6,11,14,16,18H,7-10,12-13,15H2,1-4H3,(H,39,40)(H,31,32,33). The Morgan fingerprint density at radius 3 is 2.50 bits per heavy atom. The molecule has 1 saturated carbocycles. The quantitative estimate of drug-likeness (QED) is 0.474. The minimum absolute atomic E-state index is 0.0272. The topological polar surface area (TPSA) is 137 Å². The van der Waals surface area contributed by atoms with Crippen LogP contribution in [-0.2, 0) is 9.53 Å². The number of fused-ring (bicyclic) bond motifs is 1. The van der Waals surface area contributed by atoms with Gasteiger partial charge in [0.05, 0.1) is 31.1 Å². The Bertz CT molecular complexity index is 1390. The van der Waals surface area contributed by atoms with E-state index in [2.05, 4.69) is 15.3 Å². The Morgan fingerprint density at radius 2 is 1.88 bits per heavy atom. The summed E-state index contributed by atoms with van der Waals surface area (Å²) in [5, 5.41) is 12.2. The maximum absolute atomic E-state index is 14.6. The lowest BCUT2D eigenvalue weighted by molar-refractivity contribution is -0.140. The first-order chi connectivity index (χ1) is 19.8. The molecule has 1 spiro atoms. The molecular formula is C28H34F2N6O6. The minimum Gasteiger partial charge on any atom is -0.495 e. The van der Waals surface area contributed by atoms with Crippen LogP contribution in [0.4, 0.5) is 36.7 Å². The van der Waals surface area contributed by atoms with E-state index in [1.807, 2.05) is 0 Å². The number of halogens is 2. The van der Waals surface area contributed by atoms with Crippen molar-refractivity contribution in [3.05, 3.63) is 30.0 Å². The highest BCUT2D eigenvalue weighted by Gasteiger charge is 2.49. The van der Waals surface area contributed by atoms with E-state index < -0.39 is 30.4 Å². The van der Waals surface area contributed by atoms with Gasteiger partial charge in [0.15, 0.2) is 5.82 Å². The van der Waals surface area contributed by atoms with Gasteiger partial charge in [0.1, 0.15) is 17.5 Å². The molecular weight excluding hydrogens is 554 g/mol. The Labute approximate surface area is 241 Å². The molecule has 12 nitrogen and oxygen atoms in total. The van der Waals surface area contributed by atoms with Crippen molar-refractivity contribution in [2.24, 2.45) is 5.41 Å². The molecule has 2 fully saturated rings. The smallest absolute Gasteiger partial charge is 0.407 e. The molecule has 2 aromatic rings. The van der Waals surface area contributed by atoms with Crippen LogP contribution in [0.25, 0.3) is 0 Å². The first kappa shape index (κ1) is 29.3. The van der Waals surface area contributed by atoms with Crippen molar-refractivity contribution in [3.63, 3.8) is 0 Å². The fourth-order valence-corrected chi connectivity index (χ4v) is 5.84. The lowest BCUT2D eigenvalue weighted by atomic mass is 9.61. The zero-order valence-electron chi connectivity index (χ0n) is 23.9. The van der Waals surface area contributed by atoms with E-state index in [4.69, 9.17) is 14.6 Å². The number of ether oxygens (including phenoxy) is 2. The molecule has 3 heterocycles. The van der Waals surface area contributed by atoms with Gasteiger partial charge in [0.25, 0.3) is 5.91 Å². The van der Waals surface area contributed by atoms with Crippen LogP contribution < -0.4 is 19.9 Å². The first-order valence-electron chi connectivity index (χ1n) is 13.8. The summed E-state index contributed by atoms with van der Waals surface area (Å²) in [6.45, 7) is 3.63. The average Bonchev–Trinajstić information content (AvgIpc) is 3.01. The second kappa shape index (κ2) is 10.9. The molecule has 226 valence electrons. The Morgan fingerprint density at radius 1 is 1.19 bits per heavy atom. The van der Waals surface area contributed by atoms with Crippen LogP contribution in [0.2, 0.25) is 0 Å². The third-order valence-corrected chi connectivity index (χ3v) is 8.37. The predicted octanol–water partition coefficient (Wildman–Crippen LogP) is 4.13. The van der Waals surface area contributed by atoms with Crippen LogP contribution in [-0.4, -0.2) is 89.8 Å². The summed E-state index contributed by atoms with van der Waals surface area (Å²) in [5.41, 5.74) is 0.905. The van der Waals surface area contributed by atoms with E-state index >= 15 is 0 Å². The SMILES string of the molecule is COc1cc(C(=O)OC2CC3(CCN(C(=O)O)CC3)C2)ccc1Nc1ncc2c(n1)N(C(C)C)CC(F)(F)C(=O)N2C. The molecule has 1 aromatic carbocycles. The number of rotatable bonds is 6. The van der Waals surface area contributed by atoms with Crippen molar-refractivity contribution < 1.29 is 37.7 Å². The number of methoxy groups -OCH3 is 1. The number of anilines is 4. The molecule has 0 radical (unpaired) electrons. The lowest BCUT2D eigenvalue weighted by Gasteiger charge is -2.51. The number of nitrogens with zero attached hydrogens (tertiary/aromatic N) is 5. The third-order valence-electron chi connectivity index (χ3n) is 8.37. The largest absolute Gasteiger partial charge is 0.495 e. The lowest BCUT2D eigenvalue weighted by Crippen LogP contribution is -2.51. The van der Waals surface area contributed by atoms with Crippen LogP contribution in [0.3, 0.4) is 0 Å². The fraction of sp³-hybridized carbons (Fsp3) is 0.536. The molecule has 14 heteroatoms. The van der Waals surface area contributed by atoms with Crippen LogP contribution >= 0.6 is 0 Å². The monoisotopic (exact) mass is 588 g/mol. The van der Waals surface area contributed by atoms with Gasteiger partial charge in [-0.25, -0.2) is 14.6 Å².